The van der Waals surface area contributed by atoms with Gasteiger partial charge in [-0.2, -0.15) is 0 Å². The maximum Gasteiger partial charge on any atom is 0.307 e. The number of hydrogen-bond acceptors (Lipinski definition) is 3. The average Bonchev–Trinajstić information content (AvgIpc) is 3.27. The predicted octanol–water partition coefficient (Wildman–Crippen LogP) is 2.25. The number of ether oxygens (including phenoxy) is 1. The van der Waals surface area contributed by atoms with Crippen LogP contribution in [0.15, 0.2) is 18.2 Å². The summed E-state index contributed by atoms with van der Waals surface area (Å²) in [6.45, 7) is 4.03. The summed E-state index contributed by atoms with van der Waals surface area (Å²) in [4.78, 5) is 25.5. The van der Waals surface area contributed by atoms with Gasteiger partial charge in [-0.05, 0) is 49.9 Å². The number of carbonyl (C=O) groups is 2. The fourth-order valence-corrected chi connectivity index (χ4v) is 3.58. The van der Waals surface area contributed by atoms with E-state index in [2.05, 4.69) is 0 Å². The number of rotatable bonds is 3. The molecule has 3 rings (SSSR count). The second kappa shape index (κ2) is 5.30. The van der Waals surface area contributed by atoms with Crippen molar-refractivity contribution in [1.82, 2.24) is 4.90 Å². The smallest absolute Gasteiger partial charge is 0.307 e. The van der Waals surface area contributed by atoms with Crippen molar-refractivity contribution in [2.24, 2.45) is 11.8 Å². The zero-order valence-corrected chi connectivity index (χ0v) is 13.1. The molecule has 1 fully saturated rings. The van der Waals surface area contributed by atoms with E-state index in [0.717, 1.165) is 17.7 Å². The van der Waals surface area contributed by atoms with E-state index in [1.165, 1.54) is 5.56 Å². The molecule has 1 aromatic rings. The van der Waals surface area contributed by atoms with Gasteiger partial charge in [0.1, 0.15) is 5.75 Å². The van der Waals surface area contributed by atoms with Crippen LogP contribution in [0.3, 0.4) is 0 Å². The van der Waals surface area contributed by atoms with Gasteiger partial charge in [0.2, 0.25) is 5.91 Å². The highest BCUT2D eigenvalue weighted by atomic mass is 16.5. The van der Waals surface area contributed by atoms with Gasteiger partial charge in [-0.3, -0.25) is 9.59 Å². The van der Waals surface area contributed by atoms with Crippen LogP contribution in [0.5, 0.6) is 5.75 Å². The van der Waals surface area contributed by atoms with Gasteiger partial charge >= 0.3 is 5.97 Å². The van der Waals surface area contributed by atoms with E-state index in [9.17, 15) is 9.59 Å². The maximum absolute atomic E-state index is 12.7. The van der Waals surface area contributed by atoms with Crippen molar-refractivity contribution in [3.63, 3.8) is 0 Å². The maximum atomic E-state index is 12.7. The molecular formula is C17H21NO4. The highest BCUT2D eigenvalue weighted by Gasteiger charge is 2.51. The molecule has 5 nitrogen and oxygen atoms in total. The zero-order valence-electron chi connectivity index (χ0n) is 13.1. The van der Waals surface area contributed by atoms with Gasteiger partial charge in [0.25, 0.3) is 0 Å². The van der Waals surface area contributed by atoms with E-state index in [0.29, 0.717) is 6.42 Å². The standard InChI is InChI=1S/C17H21NO4/c1-9-6-11-7-12(22-3)4-5-13(11)10(2)18(9)16(19)14-8-15(14)17(20)21/h4-5,7,9-10,14-15H,6,8H2,1-3H3,(H,20,21). The lowest BCUT2D eigenvalue weighted by molar-refractivity contribution is -0.144. The van der Waals surface area contributed by atoms with E-state index >= 15 is 0 Å². The van der Waals surface area contributed by atoms with Crippen molar-refractivity contribution in [3.05, 3.63) is 29.3 Å². The number of carbonyl (C=O) groups excluding carboxylic acids is 1. The summed E-state index contributed by atoms with van der Waals surface area (Å²) >= 11 is 0. The lowest BCUT2D eigenvalue weighted by atomic mass is 9.89. The summed E-state index contributed by atoms with van der Waals surface area (Å²) in [7, 11) is 1.65. The molecule has 4 atom stereocenters. The number of methoxy groups -OCH3 is 1. The van der Waals surface area contributed by atoms with Crippen LogP contribution in [0.25, 0.3) is 0 Å². The molecule has 0 spiro atoms. The Kier molecular flexibility index (Phi) is 3.59. The first-order valence-corrected chi connectivity index (χ1v) is 7.65. The minimum absolute atomic E-state index is 0.0196. The van der Waals surface area contributed by atoms with Gasteiger partial charge in [-0.1, -0.05) is 6.07 Å². The topological polar surface area (TPSA) is 66.8 Å². The number of carboxylic acid groups (broad SMARTS) is 1. The third-order valence-corrected chi connectivity index (χ3v) is 4.89. The lowest BCUT2D eigenvalue weighted by Crippen LogP contribution is -2.46. The first-order valence-electron chi connectivity index (χ1n) is 7.65. The summed E-state index contributed by atoms with van der Waals surface area (Å²) in [5, 5.41) is 9.03. The minimum atomic E-state index is -0.860. The van der Waals surface area contributed by atoms with Crippen LogP contribution >= 0.6 is 0 Å². The Morgan fingerprint density at radius 2 is 2.00 bits per heavy atom. The third kappa shape index (κ3) is 2.34. The van der Waals surface area contributed by atoms with Gasteiger partial charge in [0, 0.05) is 6.04 Å². The van der Waals surface area contributed by atoms with Crippen molar-refractivity contribution in [2.45, 2.75) is 38.8 Å². The normalized spacial score (nSPS) is 29.7. The molecule has 0 radical (unpaired) electrons. The number of aliphatic carboxylic acids is 1. The number of fused-ring (bicyclic) bond motifs is 1. The van der Waals surface area contributed by atoms with Crippen molar-refractivity contribution in [2.75, 3.05) is 7.11 Å². The van der Waals surface area contributed by atoms with Crippen LogP contribution in [0, 0.1) is 11.8 Å². The average molecular weight is 303 g/mol. The van der Waals surface area contributed by atoms with Crippen LogP contribution in [0.4, 0.5) is 0 Å². The quantitative estimate of drug-likeness (QED) is 0.930. The van der Waals surface area contributed by atoms with E-state index in [-0.39, 0.29) is 23.9 Å². The molecule has 0 saturated heterocycles. The first kappa shape index (κ1) is 14.9. The first-order chi connectivity index (χ1) is 10.4. The molecule has 1 aliphatic heterocycles. The SMILES string of the molecule is COc1ccc2c(c1)CC(C)N(C(=O)C1CC1C(=O)O)C2C. The Morgan fingerprint density at radius 3 is 2.59 bits per heavy atom. The van der Waals surface area contributed by atoms with Crippen molar-refractivity contribution in [3.8, 4) is 5.75 Å². The molecule has 118 valence electrons. The molecule has 1 aromatic carbocycles. The molecule has 1 amide bonds. The fraction of sp³-hybridized carbons (Fsp3) is 0.529. The summed E-state index contributed by atoms with van der Waals surface area (Å²) in [6, 6.07) is 5.98. The number of amides is 1. The van der Waals surface area contributed by atoms with Gasteiger partial charge < -0.3 is 14.7 Å². The second-order valence-electron chi connectivity index (χ2n) is 6.33. The predicted molar refractivity (Wildman–Crippen MR) is 80.7 cm³/mol. The monoisotopic (exact) mass is 303 g/mol. The molecule has 5 heteroatoms. The largest absolute Gasteiger partial charge is 0.497 e. The minimum Gasteiger partial charge on any atom is -0.497 e. The van der Waals surface area contributed by atoms with Gasteiger partial charge in [0.05, 0.1) is 25.0 Å². The van der Waals surface area contributed by atoms with Gasteiger partial charge in [0.15, 0.2) is 0 Å². The number of nitrogens with zero attached hydrogens (tertiary/aromatic N) is 1. The van der Waals surface area contributed by atoms with Crippen LogP contribution in [-0.4, -0.2) is 35.0 Å². The molecule has 1 saturated carbocycles. The van der Waals surface area contributed by atoms with Crippen LogP contribution in [0.2, 0.25) is 0 Å². The van der Waals surface area contributed by atoms with Crippen LogP contribution < -0.4 is 4.74 Å². The van der Waals surface area contributed by atoms with Crippen LogP contribution in [-0.2, 0) is 16.0 Å². The third-order valence-electron chi connectivity index (χ3n) is 4.89. The molecule has 1 aliphatic carbocycles. The number of benzene rings is 1. The van der Waals surface area contributed by atoms with Crippen molar-refractivity contribution in [1.29, 1.82) is 0 Å². The van der Waals surface area contributed by atoms with E-state index in [1.54, 1.807) is 7.11 Å². The summed E-state index contributed by atoms with van der Waals surface area (Å²) < 4.78 is 5.27. The van der Waals surface area contributed by atoms with E-state index in [4.69, 9.17) is 9.84 Å². The Bertz CT molecular complexity index is 627. The number of hydrogen-bond donors (Lipinski definition) is 1. The molecular weight excluding hydrogens is 282 g/mol. The molecule has 1 N–H and O–H groups in total. The van der Waals surface area contributed by atoms with Gasteiger partial charge in [-0.15, -0.1) is 0 Å². The summed E-state index contributed by atoms with van der Waals surface area (Å²) in [5.41, 5.74) is 2.33. The molecule has 1 heterocycles. The summed E-state index contributed by atoms with van der Waals surface area (Å²) in [6.07, 6.45) is 1.24. The molecule has 0 bridgehead atoms. The van der Waals surface area contributed by atoms with Crippen molar-refractivity contribution >= 4 is 11.9 Å². The van der Waals surface area contributed by atoms with Gasteiger partial charge in [-0.25, -0.2) is 0 Å². The van der Waals surface area contributed by atoms with Crippen LogP contribution in [0.1, 0.15) is 37.4 Å². The van der Waals surface area contributed by atoms with E-state index in [1.807, 2.05) is 36.9 Å². The van der Waals surface area contributed by atoms with Crippen molar-refractivity contribution < 1.29 is 19.4 Å². The Balaban J connectivity index is 1.85. The second-order valence-corrected chi connectivity index (χ2v) is 6.33. The Labute approximate surface area is 129 Å². The van der Waals surface area contributed by atoms with E-state index < -0.39 is 11.9 Å². The zero-order chi connectivity index (χ0) is 16.0. The fourth-order valence-electron chi connectivity index (χ4n) is 3.58. The highest BCUT2D eigenvalue weighted by Crippen LogP contribution is 2.44. The Hall–Kier alpha value is -2.04. The molecule has 2 aliphatic rings. The lowest BCUT2D eigenvalue weighted by Gasteiger charge is -2.40. The molecule has 22 heavy (non-hydrogen) atoms. The Morgan fingerprint density at radius 1 is 1.27 bits per heavy atom. The number of carboxylic acids is 1. The summed E-state index contributed by atoms with van der Waals surface area (Å²) in [5.74, 6) is -0.896. The molecule has 4 unspecified atom stereocenters. The highest BCUT2D eigenvalue weighted by molar-refractivity contribution is 5.90. The molecule has 0 aromatic heterocycles.